The molecular weight excluding hydrogens is 418 g/mol. The van der Waals surface area contributed by atoms with Gasteiger partial charge in [-0.05, 0) is 64.2 Å². The Balaban J connectivity index is 2.05. The molecular formula is C23H36NO6S-. The van der Waals surface area contributed by atoms with Crippen LogP contribution in [0.2, 0.25) is 0 Å². The first-order valence-corrected chi connectivity index (χ1v) is 12.2. The van der Waals surface area contributed by atoms with E-state index in [-0.39, 0.29) is 39.9 Å². The number of hydrogen-bond acceptors (Lipinski definition) is 7. The van der Waals surface area contributed by atoms with Crippen molar-refractivity contribution in [3.05, 3.63) is 29.8 Å². The summed E-state index contributed by atoms with van der Waals surface area (Å²) in [4.78, 5) is 18.3. The molecule has 2 rings (SSSR count). The fourth-order valence-corrected chi connectivity index (χ4v) is 5.43. The zero-order valence-electron chi connectivity index (χ0n) is 19.7. The Kier molecular flexibility index (Phi) is 7.95. The third kappa shape index (κ3) is 6.28. The highest BCUT2D eigenvalue weighted by Crippen LogP contribution is 2.40. The van der Waals surface area contributed by atoms with Crippen molar-refractivity contribution in [2.24, 2.45) is 5.92 Å². The van der Waals surface area contributed by atoms with Crippen molar-refractivity contribution in [3.63, 3.8) is 0 Å². The number of esters is 1. The van der Waals surface area contributed by atoms with Crippen LogP contribution in [-0.4, -0.2) is 48.3 Å². The summed E-state index contributed by atoms with van der Waals surface area (Å²) in [5.41, 5.74) is 0.356. The average Bonchev–Trinajstić information content (AvgIpc) is 2.63. The summed E-state index contributed by atoms with van der Waals surface area (Å²) in [7, 11) is -2.79. The van der Waals surface area contributed by atoms with Crippen molar-refractivity contribution in [1.82, 2.24) is 5.06 Å². The number of ether oxygens (including phenoxy) is 1. The first-order valence-electron chi connectivity index (χ1n) is 10.8. The number of piperidine rings is 1. The lowest BCUT2D eigenvalue weighted by molar-refractivity contribution is -0.278. The number of carbonyl (C=O) groups excluding carboxylic acids is 1. The lowest BCUT2D eigenvalue weighted by Crippen LogP contribution is -2.61. The van der Waals surface area contributed by atoms with Crippen LogP contribution in [-0.2, 0) is 24.5 Å². The highest BCUT2D eigenvalue weighted by Gasteiger charge is 2.47. The minimum Gasteiger partial charge on any atom is -0.744 e. The summed E-state index contributed by atoms with van der Waals surface area (Å²) in [5, 5.41) is 1.98. The van der Waals surface area contributed by atoms with E-state index in [4.69, 9.17) is 9.57 Å². The molecule has 1 aliphatic rings. The lowest BCUT2D eigenvalue weighted by Gasteiger charge is -2.52. The van der Waals surface area contributed by atoms with E-state index in [0.29, 0.717) is 25.7 Å². The summed E-state index contributed by atoms with van der Waals surface area (Å²) in [6.45, 7) is 12.3. The average molecular weight is 455 g/mol. The number of hydroxylamine groups is 2. The predicted molar refractivity (Wildman–Crippen MR) is 117 cm³/mol. The topological polar surface area (TPSA) is 96.0 Å². The van der Waals surface area contributed by atoms with Gasteiger partial charge in [0.1, 0.15) is 16.2 Å². The summed E-state index contributed by atoms with van der Waals surface area (Å²) in [6.07, 6.45) is 2.43. The molecule has 0 amide bonds. The van der Waals surface area contributed by atoms with Crippen LogP contribution in [0, 0.1) is 5.92 Å². The third-order valence-corrected chi connectivity index (χ3v) is 7.07. The number of rotatable bonds is 8. The first kappa shape index (κ1) is 25.8. The molecule has 0 bridgehead atoms. The van der Waals surface area contributed by atoms with E-state index in [1.165, 1.54) is 12.1 Å². The summed E-state index contributed by atoms with van der Waals surface area (Å²) >= 11 is 0. The van der Waals surface area contributed by atoms with Gasteiger partial charge in [-0.25, -0.2) is 8.42 Å². The molecule has 0 saturated carbocycles. The zero-order valence-corrected chi connectivity index (χ0v) is 20.5. The molecule has 2 unspecified atom stereocenters. The molecule has 2 atom stereocenters. The standard InChI is InChI=1S/C23H37NO6S/c1-8-17(13-16(2)18-9-11-20(12-10-18)31(26,27)28)21(25)30-19-14-22(3,4)24(29-7)23(5,6)15-19/h9-12,16-17,19H,8,13-15H2,1-7H3,(H,26,27,28)/p-1. The van der Waals surface area contributed by atoms with Gasteiger partial charge in [0.15, 0.2) is 0 Å². The minimum absolute atomic E-state index is 0.0177. The van der Waals surface area contributed by atoms with Crippen molar-refractivity contribution < 1.29 is 27.3 Å². The fraction of sp³-hybridized carbons (Fsp3) is 0.696. The van der Waals surface area contributed by atoms with E-state index < -0.39 is 10.1 Å². The van der Waals surface area contributed by atoms with Gasteiger partial charge in [-0.2, -0.15) is 5.06 Å². The van der Waals surface area contributed by atoms with Crippen molar-refractivity contribution >= 4 is 16.1 Å². The Bertz CT molecular complexity index is 845. The van der Waals surface area contributed by atoms with Crippen LogP contribution in [0.4, 0.5) is 0 Å². The number of nitrogens with zero attached hydrogens (tertiary/aromatic N) is 1. The van der Waals surface area contributed by atoms with Gasteiger partial charge >= 0.3 is 5.97 Å². The third-order valence-electron chi connectivity index (χ3n) is 6.22. The smallest absolute Gasteiger partial charge is 0.309 e. The van der Waals surface area contributed by atoms with Gasteiger partial charge in [0.2, 0.25) is 0 Å². The molecule has 1 aliphatic heterocycles. The molecule has 7 nitrogen and oxygen atoms in total. The Morgan fingerprint density at radius 2 is 1.68 bits per heavy atom. The second-order valence-electron chi connectivity index (χ2n) is 9.83. The maximum absolute atomic E-state index is 13.0. The van der Waals surface area contributed by atoms with Gasteiger partial charge in [-0.1, -0.05) is 26.0 Å². The monoisotopic (exact) mass is 454 g/mol. The van der Waals surface area contributed by atoms with Gasteiger partial charge in [0.05, 0.1) is 17.9 Å². The second kappa shape index (κ2) is 9.57. The van der Waals surface area contributed by atoms with E-state index in [1.54, 1.807) is 19.2 Å². The van der Waals surface area contributed by atoms with Gasteiger partial charge in [-0.3, -0.25) is 4.79 Å². The maximum Gasteiger partial charge on any atom is 0.309 e. The van der Waals surface area contributed by atoms with Crippen molar-refractivity contribution in [2.45, 2.75) is 95.2 Å². The SMILES string of the molecule is CCC(CC(C)c1ccc(S(=O)(=O)[O-])cc1)C(=O)OC1CC(C)(C)N(OC)C(C)(C)C1. The van der Waals surface area contributed by atoms with E-state index in [2.05, 4.69) is 27.7 Å². The Morgan fingerprint density at radius 3 is 2.10 bits per heavy atom. The highest BCUT2D eigenvalue weighted by atomic mass is 32.2. The van der Waals surface area contributed by atoms with Gasteiger partial charge in [0.25, 0.3) is 0 Å². The first-order chi connectivity index (χ1) is 14.2. The fourth-order valence-electron chi connectivity index (χ4n) is 4.97. The Morgan fingerprint density at radius 1 is 1.16 bits per heavy atom. The van der Waals surface area contributed by atoms with E-state index in [0.717, 1.165) is 5.56 Å². The minimum atomic E-state index is -4.46. The Labute approximate surface area is 186 Å². The van der Waals surface area contributed by atoms with Crippen LogP contribution >= 0.6 is 0 Å². The largest absolute Gasteiger partial charge is 0.744 e. The number of carbonyl (C=O) groups is 1. The van der Waals surface area contributed by atoms with E-state index in [1.807, 2.05) is 18.9 Å². The molecule has 8 heteroatoms. The summed E-state index contributed by atoms with van der Waals surface area (Å²) < 4.78 is 39.3. The zero-order chi connectivity index (χ0) is 23.6. The second-order valence-corrected chi connectivity index (χ2v) is 11.2. The molecule has 0 aliphatic carbocycles. The van der Waals surface area contributed by atoms with Crippen LogP contribution in [0.3, 0.4) is 0 Å². The van der Waals surface area contributed by atoms with Crippen molar-refractivity contribution in [1.29, 1.82) is 0 Å². The molecule has 0 aromatic heterocycles. The van der Waals surface area contributed by atoms with Crippen LogP contribution in [0.25, 0.3) is 0 Å². The number of benzene rings is 1. The van der Waals surface area contributed by atoms with Crippen molar-refractivity contribution in [3.8, 4) is 0 Å². The van der Waals surface area contributed by atoms with Crippen LogP contribution < -0.4 is 0 Å². The lowest BCUT2D eigenvalue weighted by atomic mass is 9.80. The summed E-state index contributed by atoms with van der Waals surface area (Å²) in [6, 6.07) is 5.92. The molecule has 31 heavy (non-hydrogen) atoms. The molecule has 1 saturated heterocycles. The molecule has 1 aromatic carbocycles. The summed E-state index contributed by atoms with van der Waals surface area (Å²) in [5.74, 6) is -0.440. The van der Waals surface area contributed by atoms with E-state index >= 15 is 0 Å². The Hall–Kier alpha value is -1.48. The molecule has 176 valence electrons. The van der Waals surface area contributed by atoms with Crippen LogP contribution in [0.5, 0.6) is 0 Å². The van der Waals surface area contributed by atoms with Gasteiger partial charge in [-0.15, -0.1) is 0 Å². The quantitative estimate of drug-likeness (QED) is 0.428. The van der Waals surface area contributed by atoms with Gasteiger partial charge in [0, 0.05) is 23.9 Å². The molecule has 0 radical (unpaired) electrons. The number of hydrogen-bond donors (Lipinski definition) is 0. The van der Waals surface area contributed by atoms with Crippen LogP contribution in [0.1, 0.15) is 78.7 Å². The molecule has 0 N–H and O–H groups in total. The van der Waals surface area contributed by atoms with Gasteiger partial charge < -0.3 is 14.1 Å². The molecule has 0 spiro atoms. The molecule has 1 fully saturated rings. The van der Waals surface area contributed by atoms with Crippen LogP contribution in [0.15, 0.2) is 29.2 Å². The maximum atomic E-state index is 13.0. The predicted octanol–water partition coefficient (Wildman–Crippen LogP) is 4.24. The normalized spacial score (nSPS) is 21.4. The molecule has 1 heterocycles. The van der Waals surface area contributed by atoms with E-state index in [9.17, 15) is 17.8 Å². The molecule has 1 aromatic rings. The van der Waals surface area contributed by atoms with Crippen molar-refractivity contribution in [2.75, 3.05) is 7.11 Å². The highest BCUT2D eigenvalue weighted by molar-refractivity contribution is 7.85.